The lowest BCUT2D eigenvalue weighted by Gasteiger charge is -2.35. The highest BCUT2D eigenvalue weighted by molar-refractivity contribution is 7.09. The van der Waals surface area contributed by atoms with Crippen molar-refractivity contribution in [2.45, 2.75) is 45.1 Å². The number of phenolic OH excluding ortho intramolecular Hbond substituents is 1. The zero-order valence-corrected chi connectivity index (χ0v) is 14.1. The number of benzene rings is 1. The van der Waals surface area contributed by atoms with Gasteiger partial charge in [0.05, 0.1) is 0 Å². The molecule has 2 aromatic rings. The fourth-order valence-corrected chi connectivity index (χ4v) is 4.23. The van der Waals surface area contributed by atoms with Gasteiger partial charge in [-0.3, -0.25) is 4.90 Å². The molecule has 1 atom stereocenters. The number of nitrogens with zero attached hydrogens (tertiary/aromatic N) is 1. The number of aromatic hydroxyl groups is 1. The summed E-state index contributed by atoms with van der Waals surface area (Å²) in [5.41, 5.74) is 2.52. The average molecular weight is 315 g/mol. The van der Waals surface area contributed by atoms with Crippen LogP contribution in [0.25, 0.3) is 0 Å². The Morgan fingerprint density at radius 2 is 2.14 bits per heavy atom. The SMILES string of the molecule is CCCN(CCc1cccs1)[C@@H]1CCc2cccc(O)c2C1. The number of aryl methyl sites for hydroxylation is 1. The van der Waals surface area contributed by atoms with Crippen molar-refractivity contribution in [2.24, 2.45) is 0 Å². The molecule has 2 nitrogen and oxygen atoms in total. The Morgan fingerprint density at radius 1 is 1.23 bits per heavy atom. The Bertz CT molecular complexity index is 593. The van der Waals surface area contributed by atoms with E-state index in [0.717, 1.165) is 32.4 Å². The van der Waals surface area contributed by atoms with E-state index in [0.29, 0.717) is 11.8 Å². The quantitative estimate of drug-likeness (QED) is 0.860. The van der Waals surface area contributed by atoms with Crippen LogP contribution in [0.3, 0.4) is 0 Å². The number of thiophene rings is 1. The minimum atomic E-state index is 0.483. The van der Waals surface area contributed by atoms with Crippen LogP contribution in [0.2, 0.25) is 0 Å². The van der Waals surface area contributed by atoms with Crippen LogP contribution in [0.4, 0.5) is 0 Å². The normalized spacial score (nSPS) is 17.6. The first-order valence-electron chi connectivity index (χ1n) is 8.34. The molecule has 0 amide bonds. The van der Waals surface area contributed by atoms with Crippen LogP contribution in [-0.2, 0) is 19.3 Å². The van der Waals surface area contributed by atoms with Crippen molar-refractivity contribution in [2.75, 3.05) is 13.1 Å². The summed E-state index contributed by atoms with van der Waals surface area (Å²) in [7, 11) is 0. The number of rotatable bonds is 6. The van der Waals surface area contributed by atoms with E-state index in [1.165, 1.54) is 28.8 Å². The van der Waals surface area contributed by atoms with Crippen molar-refractivity contribution in [3.05, 3.63) is 51.7 Å². The smallest absolute Gasteiger partial charge is 0.119 e. The van der Waals surface area contributed by atoms with E-state index in [1.807, 2.05) is 23.5 Å². The van der Waals surface area contributed by atoms with E-state index >= 15 is 0 Å². The van der Waals surface area contributed by atoms with Gasteiger partial charge in [-0.05, 0) is 67.3 Å². The lowest BCUT2D eigenvalue weighted by Crippen LogP contribution is -2.41. The molecule has 1 N–H and O–H groups in total. The van der Waals surface area contributed by atoms with Gasteiger partial charge in [0.15, 0.2) is 0 Å². The molecule has 3 heteroatoms. The summed E-state index contributed by atoms with van der Waals surface area (Å²) in [6.07, 6.45) is 5.62. The fraction of sp³-hybridized carbons (Fsp3) is 0.474. The van der Waals surface area contributed by atoms with Gasteiger partial charge >= 0.3 is 0 Å². The van der Waals surface area contributed by atoms with Crippen molar-refractivity contribution in [3.63, 3.8) is 0 Å². The Balaban J connectivity index is 1.68. The molecule has 0 unspecified atom stereocenters. The molecule has 0 fully saturated rings. The van der Waals surface area contributed by atoms with Gasteiger partial charge in [0, 0.05) is 17.5 Å². The molecule has 0 saturated carbocycles. The lowest BCUT2D eigenvalue weighted by molar-refractivity contribution is 0.181. The standard InChI is InChI=1S/C19H25NOS/c1-2-11-20(12-10-17-6-4-13-22-17)16-9-8-15-5-3-7-19(21)18(15)14-16/h3-7,13,16,21H,2,8-12,14H2,1H3/t16-/m1/s1. The molecule has 0 radical (unpaired) electrons. The minimum Gasteiger partial charge on any atom is -0.508 e. The number of hydrogen-bond donors (Lipinski definition) is 1. The summed E-state index contributed by atoms with van der Waals surface area (Å²) in [4.78, 5) is 4.11. The molecule has 3 rings (SSSR count). The molecule has 1 heterocycles. The van der Waals surface area contributed by atoms with Crippen LogP contribution in [-0.4, -0.2) is 29.1 Å². The van der Waals surface area contributed by atoms with Crippen LogP contribution in [0, 0.1) is 0 Å². The molecule has 118 valence electrons. The lowest BCUT2D eigenvalue weighted by atomic mass is 9.86. The zero-order valence-electron chi connectivity index (χ0n) is 13.3. The second-order valence-electron chi connectivity index (χ2n) is 6.18. The first kappa shape index (κ1) is 15.6. The van der Waals surface area contributed by atoms with Gasteiger partial charge in [0.25, 0.3) is 0 Å². The van der Waals surface area contributed by atoms with Gasteiger partial charge in [-0.2, -0.15) is 0 Å². The van der Waals surface area contributed by atoms with E-state index in [1.54, 1.807) is 0 Å². The number of hydrogen-bond acceptors (Lipinski definition) is 3. The molecule has 0 spiro atoms. The van der Waals surface area contributed by atoms with Crippen LogP contribution in [0.1, 0.15) is 35.8 Å². The van der Waals surface area contributed by atoms with Crippen molar-refractivity contribution in [1.82, 2.24) is 4.90 Å². The molecule has 1 aromatic heterocycles. The molecule has 1 aromatic carbocycles. The van der Waals surface area contributed by atoms with E-state index in [2.05, 4.69) is 35.4 Å². The maximum Gasteiger partial charge on any atom is 0.119 e. The molecule has 22 heavy (non-hydrogen) atoms. The molecule has 0 bridgehead atoms. The highest BCUT2D eigenvalue weighted by atomic mass is 32.1. The van der Waals surface area contributed by atoms with Gasteiger partial charge in [-0.1, -0.05) is 25.1 Å². The van der Waals surface area contributed by atoms with Gasteiger partial charge in [0.1, 0.15) is 5.75 Å². The highest BCUT2D eigenvalue weighted by Crippen LogP contribution is 2.31. The Hall–Kier alpha value is -1.32. The Kier molecular flexibility index (Phi) is 5.16. The molecular formula is C19H25NOS. The monoisotopic (exact) mass is 315 g/mol. The number of fused-ring (bicyclic) bond motifs is 1. The van der Waals surface area contributed by atoms with Gasteiger partial charge < -0.3 is 5.11 Å². The summed E-state index contributed by atoms with van der Waals surface area (Å²) in [5.74, 6) is 0.483. The third-order valence-electron chi connectivity index (χ3n) is 4.69. The topological polar surface area (TPSA) is 23.5 Å². The van der Waals surface area contributed by atoms with Crippen LogP contribution < -0.4 is 0 Å². The summed E-state index contributed by atoms with van der Waals surface area (Å²) in [6, 6.07) is 10.9. The summed E-state index contributed by atoms with van der Waals surface area (Å²) < 4.78 is 0. The summed E-state index contributed by atoms with van der Waals surface area (Å²) in [6.45, 7) is 4.54. The van der Waals surface area contributed by atoms with Gasteiger partial charge in [0.2, 0.25) is 0 Å². The molecule has 1 aliphatic carbocycles. The molecule has 0 saturated heterocycles. The second kappa shape index (κ2) is 7.30. The van der Waals surface area contributed by atoms with Crippen molar-refractivity contribution in [3.8, 4) is 5.75 Å². The first-order chi connectivity index (χ1) is 10.8. The maximum atomic E-state index is 10.1. The predicted molar refractivity (Wildman–Crippen MR) is 93.8 cm³/mol. The van der Waals surface area contributed by atoms with Crippen molar-refractivity contribution >= 4 is 11.3 Å². The molecular weight excluding hydrogens is 290 g/mol. The fourth-order valence-electron chi connectivity index (χ4n) is 3.54. The third kappa shape index (κ3) is 3.53. The van der Waals surface area contributed by atoms with Crippen LogP contribution in [0.5, 0.6) is 5.75 Å². The van der Waals surface area contributed by atoms with Crippen molar-refractivity contribution in [1.29, 1.82) is 0 Å². The first-order valence-corrected chi connectivity index (χ1v) is 9.22. The average Bonchev–Trinajstić information content (AvgIpc) is 3.05. The Morgan fingerprint density at radius 3 is 2.91 bits per heavy atom. The largest absolute Gasteiger partial charge is 0.508 e. The van der Waals surface area contributed by atoms with Crippen LogP contribution in [0.15, 0.2) is 35.7 Å². The van der Waals surface area contributed by atoms with Crippen LogP contribution >= 0.6 is 11.3 Å². The van der Waals surface area contributed by atoms with Gasteiger partial charge in [-0.15, -0.1) is 11.3 Å². The number of phenols is 1. The summed E-state index contributed by atoms with van der Waals surface area (Å²) in [5, 5.41) is 12.3. The van der Waals surface area contributed by atoms with E-state index < -0.39 is 0 Å². The molecule has 0 aliphatic heterocycles. The maximum absolute atomic E-state index is 10.1. The predicted octanol–water partition coefficient (Wildman–Crippen LogP) is 4.27. The zero-order chi connectivity index (χ0) is 15.4. The third-order valence-corrected chi connectivity index (χ3v) is 5.62. The van der Waals surface area contributed by atoms with E-state index in [4.69, 9.17) is 0 Å². The van der Waals surface area contributed by atoms with E-state index in [-0.39, 0.29) is 0 Å². The highest BCUT2D eigenvalue weighted by Gasteiger charge is 2.25. The second-order valence-corrected chi connectivity index (χ2v) is 7.21. The minimum absolute atomic E-state index is 0.483. The Labute approximate surface area is 137 Å². The summed E-state index contributed by atoms with van der Waals surface area (Å²) >= 11 is 1.85. The van der Waals surface area contributed by atoms with Crippen molar-refractivity contribution < 1.29 is 5.11 Å². The van der Waals surface area contributed by atoms with Gasteiger partial charge in [-0.25, -0.2) is 0 Å². The molecule has 1 aliphatic rings. The van der Waals surface area contributed by atoms with E-state index in [9.17, 15) is 5.11 Å².